The van der Waals surface area contributed by atoms with E-state index in [9.17, 15) is 10.2 Å². The van der Waals surface area contributed by atoms with E-state index in [0.29, 0.717) is 13.4 Å². The number of hydrogen-bond acceptors (Lipinski definition) is 2. The van der Waals surface area contributed by atoms with Crippen LogP contribution in [0.4, 0.5) is 0 Å². The first-order chi connectivity index (χ1) is 5.80. The van der Waals surface area contributed by atoms with Gasteiger partial charge in [0.05, 0.1) is 4.48 Å². The fourth-order valence-corrected chi connectivity index (χ4v) is 3.87. The molecule has 1 aliphatic carbocycles. The predicted octanol–water partition coefficient (Wildman–Crippen LogP) is 2.98. The van der Waals surface area contributed by atoms with Crippen LogP contribution in [0.3, 0.4) is 0 Å². The van der Waals surface area contributed by atoms with E-state index < -0.39 is 10.6 Å². The number of halogens is 5. The highest BCUT2D eigenvalue weighted by Crippen LogP contribution is 2.51. The van der Waals surface area contributed by atoms with Gasteiger partial charge in [-0.25, -0.2) is 0 Å². The van der Waals surface area contributed by atoms with Crippen LogP contribution < -0.4 is 5.11 Å². The number of aliphatic hydroxyl groups is 1. The quantitative estimate of drug-likeness (QED) is 0.516. The van der Waals surface area contributed by atoms with Crippen molar-refractivity contribution < 1.29 is 10.2 Å². The summed E-state index contributed by atoms with van der Waals surface area (Å²) in [4.78, 5) is 0. The third kappa shape index (κ3) is 2.16. The van der Waals surface area contributed by atoms with Gasteiger partial charge >= 0.3 is 0 Å². The van der Waals surface area contributed by atoms with Gasteiger partial charge in [-0.05, 0) is 53.9 Å². The van der Waals surface area contributed by atoms with Gasteiger partial charge in [-0.15, -0.1) is 0 Å². The zero-order chi connectivity index (χ0) is 10.4. The molecule has 1 radical (unpaired) electrons. The maximum atomic E-state index is 11.5. The maximum absolute atomic E-state index is 11.5. The van der Waals surface area contributed by atoms with Crippen LogP contribution in [0, 0.1) is 6.10 Å². The molecule has 1 rings (SSSR count). The van der Waals surface area contributed by atoms with Gasteiger partial charge in [0.2, 0.25) is 0 Å². The van der Waals surface area contributed by atoms with Gasteiger partial charge in [0.25, 0.3) is 0 Å². The molecule has 13 heavy (non-hydrogen) atoms. The molecule has 0 bridgehead atoms. The summed E-state index contributed by atoms with van der Waals surface area (Å²) in [7, 11) is 0. The molecule has 1 unspecified atom stereocenters. The van der Waals surface area contributed by atoms with Crippen molar-refractivity contribution in [2.45, 2.75) is 4.51 Å². The topological polar surface area (TPSA) is 43.3 Å². The van der Waals surface area contributed by atoms with E-state index in [4.69, 9.17) is 0 Å². The average Bonchev–Trinajstić information content (AvgIpc) is 2.09. The van der Waals surface area contributed by atoms with Gasteiger partial charge < -0.3 is 10.2 Å². The first-order valence-electron chi connectivity index (χ1n) is 2.87. The summed E-state index contributed by atoms with van der Waals surface area (Å²) in [6.45, 7) is 0. The van der Waals surface area contributed by atoms with Gasteiger partial charge in [-0.2, -0.15) is 0 Å². The summed E-state index contributed by atoms with van der Waals surface area (Å²) in [5.41, 5.74) is 0. The fourth-order valence-electron chi connectivity index (χ4n) is 0.683. The van der Waals surface area contributed by atoms with Crippen LogP contribution in [0.2, 0.25) is 0 Å². The zero-order valence-electron chi connectivity index (χ0n) is 5.75. The number of rotatable bonds is 0. The Bertz CT molecular complexity index is 306. The Morgan fingerprint density at radius 2 is 1.46 bits per heavy atom. The predicted molar refractivity (Wildman–Crippen MR) is 66.9 cm³/mol. The van der Waals surface area contributed by atoms with Crippen LogP contribution in [-0.2, 0) is 0 Å². The van der Waals surface area contributed by atoms with Crippen molar-refractivity contribution in [1.82, 2.24) is 0 Å². The Morgan fingerprint density at radius 3 is 1.92 bits per heavy atom. The Hall–Kier alpha value is 1.80. The summed E-state index contributed by atoms with van der Waals surface area (Å²) < 4.78 is 0.0657. The molecule has 0 aromatic carbocycles. The molecule has 0 amide bonds. The lowest BCUT2D eigenvalue weighted by Gasteiger charge is -2.39. The van der Waals surface area contributed by atoms with Crippen LogP contribution >= 0.6 is 79.6 Å². The minimum absolute atomic E-state index is 0.280. The highest BCUT2D eigenvalue weighted by molar-refractivity contribution is 9.17. The minimum Gasteiger partial charge on any atom is -0.843 e. The Morgan fingerprint density at radius 1 is 1.00 bits per heavy atom. The molecule has 73 valence electrons. The van der Waals surface area contributed by atoms with Crippen molar-refractivity contribution in [3.63, 3.8) is 0 Å². The van der Waals surface area contributed by atoms with Crippen molar-refractivity contribution in [2.24, 2.45) is 0 Å². The Labute approximate surface area is 117 Å². The fraction of sp³-hybridized carbons (Fsp3) is 0.167. The SMILES string of the molecule is [O-][C]1C(Br)=C(Br)C(Br)=C(Br)C1(O)Br. The molecule has 1 aliphatic rings. The second kappa shape index (κ2) is 4.35. The van der Waals surface area contributed by atoms with Gasteiger partial charge in [-0.3, -0.25) is 0 Å². The number of allylic oxidation sites excluding steroid dienone is 2. The lowest BCUT2D eigenvalue weighted by Crippen LogP contribution is -2.41. The molecule has 0 spiro atoms. The Balaban J connectivity index is 3.32. The number of alkyl halides is 1. The monoisotopic (exact) mass is 500 g/mol. The van der Waals surface area contributed by atoms with Crippen molar-refractivity contribution in [3.8, 4) is 0 Å². The van der Waals surface area contributed by atoms with E-state index in [1.165, 1.54) is 0 Å². The molecule has 0 heterocycles. The van der Waals surface area contributed by atoms with E-state index in [1.807, 2.05) is 0 Å². The van der Waals surface area contributed by atoms with E-state index in [2.05, 4.69) is 79.6 Å². The highest BCUT2D eigenvalue weighted by Gasteiger charge is 2.38. The minimum atomic E-state index is -1.69. The molecule has 0 saturated heterocycles. The second-order valence-electron chi connectivity index (χ2n) is 2.21. The molecule has 1 N–H and O–H groups in total. The highest BCUT2D eigenvalue weighted by atomic mass is 79.9. The van der Waals surface area contributed by atoms with Crippen molar-refractivity contribution in [3.05, 3.63) is 24.0 Å². The molecule has 2 nitrogen and oxygen atoms in total. The third-order valence-corrected chi connectivity index (χ3v) is 7.57. The summed E-state index contributed by atoms with van der Waals surface area (Å²) in [6, 6.07) is 0. The molecule has 0 aromatic rings. The lowest BCUT2D eigenvalue weighted by molar-refractivity contribution is -0.359. The summed E-state index contributed by atoms with van der Waals surface area (Å²) in [5.74, 6) is 0. The largest absolute Gasteiger partial charge is 0.843 e. The molecule has 0 fully saturated rings. The first kappa shape index (κ1) is 12.9. The summed E-state index contributed by atoms with van der Waals surface area (Å²) in [5, 5.41) is 21.2. The van der Waals surface area contributed by atoms with E-state index in [1.54, 1.807) is 0 Å². The molecule has 1 atom stereocenters. The van der Waals surface area contributed by atoms with E-state index >= 15 is 0 Å². The molecular weight excluding hydrogens is 504 g/mol. The normalized spacial score (nSPS) is 31.6. The lowest BCUT2D eigenvalue weighted by atomic mass is 10.1. The van der Waals surface area contributed by atoms with Crippen LogP contribution in [-0.4, -0.2) is 9.62 Å². The van der Waals surface area contributed by atoms with E-state index in [-0.39, 0.29) is 4.48 Å². The maximum Gasteiger partial charge on any atom is 0.147 e. The molecular formula is C6HBr5O2-. The van der Waals surface area contributed by atoms with Gasteiger partial charge in [0.15, 0.2) is 0 Å². The summed E-state index contributed by atoms with van der Waals surface area (Å²) in [6.07, 6.45) is -0.463. The molecule has 0 saturated carbocycles. The standard InChI is InChI=1S/C6HBr5O2/c7-1-2(8)4(10)6(11,13)5(12)3(1)9/h13H/q-1. The number of hydrogen-bond donors (Lipinski definition) is 1. The van der Waals surface area contributed by atoms with Gasteiger partial charge in [0, 0.05) is 13.4 Å². The van der Waals surface area contributed by atoms with Crippen LogP contribution in [0.5, 0.6) is 0 Å². The third-order valence-electron chi connectivity index (χ3n) is 1.37. The summed E-state index contributed by atoms with van der Waals surface area (Å²) >= 11 is 15.5. The van der Waals surface area contributed by atoms with Gasteiger partial charge in [-0.1, -0.05) is 31.9 Å². The van der Waals surface area contributed by atoms with Crippen LogP contribution in [0.15, 0.2) is 17.9 Å². The van der Waals surface area contributed by atoms with Crippen LogP contribution in [0.1, 0.15) is 0 Å². The second-order valence-corrected chi connectivity index (χ2v) is 6.53. The molecule has 0 aliphatic heterocycles. The van der Waals surface area contributed by atoms with E-state index in [0.717, 1.165) is 0 Å². The van der Waals surface area contributed by atoms with Gasteiger partial charge in [0.1, 0.15) is 4.51 Å². The molecule has 7 heteroatoms. The van der Waals surface area contributed by atoms with Crippen molar-refractivity contribution in [2.75, 3.05) is 0 Å². The van der Waals surface area contributed by atoms with Crippen molar-refractivity contribution >= 4 is 79.6 Å². The smallest absolute Gasteiger partial charge is 0.147 e. The first-order valence-corrected chi connectivity index (χ1v) is 6.84. The van der Waals surface area contributed by atoms with Crippen molar-refractivity contribution in [1.29, 1.82) is 0 Å². The molecule has 0 aromatic heterocycles. The van der Waals surface area contributed by atoms with Crippen LogP contribution in [0.25, 0.3) is 0 Å². The zero-order valence-corrected chi connectivity index (χ0v) is 13.7. The Kier molecular flexibility index (Phi) is 4.31. The average molecular weight is 505 g/mol.